The lowest BCUT2D eigenvalue weighted by molar-refractivity contribution is -0.327. The Kier molecular flexibility index (Phi) is 13.4. The van der Waals surface area contributed by atoms with Crippen LogP contribution in [0, 0.1) is 5.92 Å². The summed E-state index contributed by atoms with van der Waals surface area (Å²) in [6.45, 7) is 0.155. The number of hydrogen-bond donors (Lipinski definition) is 7. The summed E-state index contributed by atoms with van der Waals surface area (Å²) < 4.78 is 37.3. The largest absolute Gasteiger partial charge is 0.468 e. The molecule has 3 aliphatic heterocycles. The molecule has 0 aliphatic carbocycles. The molecule has 1 aromatic rings. The molecule has 0 unspecified atom stereocenters. The molecule has 270 valence electrons. The molecule has 3 aliphatic rings. The molecule has 1 aromatic carbocycles. The van der Waals surface area contributed by atoms with E-state index in [1.165, 1.54) is 19.1 Å². The topological polar surface area (TPSA) is 257 Å². The minimum atomic E-state index is -1.84. The molecular formula is C32H40O17. The summed E-state index contributed by atoms with van der Waals surface area (Å²) in [7, 11) is 1.10. The number of carbonyl (C=O) groups excluding carboxylic acids is 3. The van der Waals surface area contributed by atoms with E-state index >= 15 is 0 Å². The lowest BCUT2D eigenvalue weighted by Gasteiger charge is -2.42. The number of hydrogen-bond acceptors (Lipinski definition) is 17. The van der Waals surface area contributed by atoms with Crippen molar-refractivity contribution in [3.8, 4) is 0 Å². The van der Waals surface area contributed by atoms with Crippen molar-refractivity contribution in [3.63, 3.8) is 0 Å². The molecule has 2 saturated heterocycles. The van der Waals surface area contributed by atoms with Crippen LogP contribution in [-0.4, -0.2) is 142 Å². The van der Waals surface area contributed by atoms with E-state index in [9.17, 15) is 50.1 Å². The molecule has 3 heterocycles. The van der Waals surface area contributed by atoms with Crippen molar-refractivity contribution < 1.29 is 83.3 Å². The van der Waals surface area contributed by atoms with Gasteiger partial charge in [-0.25, -0.2) is 9.59 Å². The number of aliphatic hydroxyl groups excluding tert-OH is 7. The number of methoxy groups -OCH3 is 1. The van der Waals surface area contributed by atoms with Crippen LogP contribution in [0.15, 0.2) is 59.9 Å². The Morgan fingerprint density at radius 1 is 0.857 bits per heavy atom. The first-order valence-electron chi connectivity index (χ1n) is 15.2. The molecule has 7 N–H and O–H groups in total. The van der Waals surface area contributed by atoms with Gasteiger partial charge >= 0.3 is 17.9 Å². The van der Waals surface area contributed by atoms with Gasteiger partial charge in [0, 0.05) is 17.6 Å². The maximum atomic E-state index is 13.1. The van der Waals surface area contributed by atoms with E-state index in [1.54, 1.807) is 30.3 Å². The van der Waals surface area contributed by atoms with E-state index in [2.05, 4.69) is 0 Å². The quantitative estimate of drug-likeness (QED) is 0.0559. The standard InChI is InChI=1S/C32H40O17/c1-3-16-17(18(29(42)43-2)13-45-30(16)49-32-28(41)25(38)23(36)19(12-33)46-32)11-22(35)44-14-20-24(37)26(39)27(40)31(47-20)48-21(34)10-9-15-7-5-4-6-8-15/h3-10,13,17,19-20,23-28,30-33,36-41H,11-12,14H2,1-2H3/b10-9-,16-3+/t17-,19+,20-,23+,24-,25+,26-,27-,28+,30-,31-,32-/m0/s1. The molecule has 0 amide bonds. The highest BCUT2D eigenvalue weighted by Gasteiger charge is 2.48. The number of benzene rings is 1. The fourth-order valence-corrected chi connectivity index (χ4v) is 5.36. The monoisotopic (exact) mass is 696 g/mol. The smallest absolute Gasteiger partial charge is 0.337 e. The summed E-state index contributed by atoms with van der Waals surface area (Å²) in [5.74, 6) is -3.82. The van der Waals surface area contributed by atoms with Gasteiger partial charge in [-0.05, 0) is 18.6 Å². The molecule has 4 rings (SSSR count). The first kappa shape index (κ1) is 38.1. The predicted molar refractivity (Wildman–Crippen MR) is 161 cm³/mol. The molecule has 17 nitrogen and oxygen atoms in total. The second kappa shape index (κ2) is 17.3. The van der Waals surface area contributed by atoms with Crippen molar-refractivity contribution in [2.75, 3.05) is 20.3 Å². The molecule has 17 heteroatoms. The fourth-order valence-electron chi connectivity index (χ4n) is 5.36. The highest BCUT2D eigenvalue weighted by molar-refractivity contribution is 5.90. The van der Waals surface area contributed by atoms with Crippen LogP contribution in [0.3, 0.4) is 0 Å². The van der Waals surface area contributed by atoms with Crippen molar-refractivity contribution in [1.82, 2.24) is 0 Å². The first-order chi connectivity index (χ1) is 23.4. The number of esters is 3. The lowest BCUT2D eigenvalue weighted by Crippen LogP contribution is -2.60. The van der Waals surface area contributed by atoms with Crippen LogP contribution in [0.2, 0.25) is 0 Å². The Labute approximate surface area is 280 Å². The van der Waals surface area contributed by atoms with Crippen LogP contribution in [-0.2, 0) is 47.5 Å². The molecule has 0 radical (unpaired) electrons. The van der Waals surface area contributed by atoms with E-state index in [0.29, 0.717) is 5.56 Å². The summed E-state index contributed by atoms with van der Waals surface area (Å²) in [6.07, 6.45) is -13.6. The third kappa shape index (κ3) is 9.08. The maximum absolute atomic E-state index is 13.1. The van der Waals surface area contributed by atoms with Crippen LogP contribution >= 0.6 is 0 Å². The molecule has 12 atom stereocenters. The van der Waals surface area contributed by atoms with E-state index in [4.69, 9.17) is 33.2 Å². The highest BCUT2D eigenvalue weighted by atomic mass is 16.8. The molecule has 49 heavy (non-hydrogen) atoms. The maximum Gasteiger partial charge on any atom is 0.337 e. The van der Waals surface area contributed by atoms with Gasteiger partial charge in [-0.1, -0.05) is 36.4 Å². The minimum Gasteiger partial charge on any atom is -0.468 e. The zero-order valence-corrected chi connectivity index (χ0v) is 26.5. The second-order valence-electron chi connectivity index (χ2n) is 11.3. The summed E-state index contributed by atoms with van der Waals surface area (Å²) in [6, 6.07) is 8.77. The van der Waals surface area contributed by atoms with E-state index in [0.717, 1.165) is 19.4 Å². The van der Waals surface area contributed by atoms with Gasteiger partial charge in [0.2, 0.25) is 12.6 Å². The van der Waals surface area contributed by atoms with Crippen molar-refractivity contribution in [1.29, 1.82) is 0 Å². The summed E-state index contributed by atoms with van der Waals surface area (Å²) in [5.41, 5.74) is 0.733. The van der Waals surface area contributed by atoms with E-state index in [-0.39, 0.29) is 11.1 Å². The van der Waals surface area contributed by atoms with Crippen molar-refractivity contribution in [2.24, 2.45) is 5.92 Å². The zero-order valence-electron chi connectivity index (χ0n) is 26.5. The highest BCUT2D eigenvalue weighted by Crippen LogP contribution is 2.36. The van der Waals surface area contributed by atoms with Crippen LogP contribution in [0.4, 0.5) is 0 Å². The second-order valence-corrected chi connectivity index (χ2v) is 11.3. The number of allylic oxidation sites excluding steroid dienone is 1. The predicted octanol–water partition coefficient (Wildman–Crippen LogP) is -2.22. The Hall–Kier alpha value is -3.75. The number of rotatable bonds is 11. The van der Waals surface area contributed by atoms with Gasteiger partial charge in [0.1, 0.15) is 55.4 Å². The summed E-state index contributed by atoms with van der Waals surface area (Å²) >= 11 is 0. The van der Waals surface area contributed by atoms with Gasteiger partial charge in [-0.3, -0.25) is 4.79 Å². The Morgan fingerprint density at radius 3 is 2.12 bits per heavy atom. The van der Waals surface area contributed by atoms with Gasteiger partial charge in [0.15, 0.2) is 6.29 Å². The van der Waals surface area contributed by atoms with Crippen molar-refractivity contribution in [2.45, 2.75) is 81.0 Å². The van der Waals surface area contributed by atoms with Crippen molar-refractivity contribution in [3.05, 3.63) is 65.5 Å². The first-order valence-corrected chi connectivity index (χ1v) is 15.2. The number of carbonyl (C=O) groups is 3. The van der Waals surface area contributed by atoms with Crippen LogP contribution < -0.4 is 0 Å². The number of ether oxygens (including phenoxy) is 7. The fraction of sp³-hybridized carbons (Fsp3) is 0.531. The Morgan fingerprint density at radius 2 is 1.49 bits per heavy atom. The van der Waals surface area contributed by atoms with Gasteiger partial charge in [-0.2, -0.15) is 0 Å². The van der Waals surface area contributed by atoms with Crippen molar-refractivity contribution >= 4 is 24.0 Å². The average molecular weight is 697 g/mol. The third-order valence-electron chi connectivity index (χ3n) is 8.12. The third-order valence-corrected chi connectivity index (χ3v) is 8.12. The Bertz CT molecular complexity index is 1380. The summed E-state index contributed by atoms with van der Waals surface area (Å²) in [4.78, 5) is 38.1. The van der Waals surface area contributed by atoms with Crippen LogP contribution in [0.1, 0.15) is 18.9 Å². The molecule has 2 fully saturated rings. The molecular weight excluding hydrogens is 656 g/mol. The van der Waals surface area contributed by atoms with E-state index < -0.39 is 111 Å². The van der Waals surface area contributed by atoms with Gasteiger partial charge in [0.25, 0.3) is 0 Å². The molecule has 0 aromatic heterocycles. The summed E-state index contributed by atoms with van der Waals surface area (Å²) in [5, 5.41) is 71.3. The minimum absolute atomic E-state index is 0.121. The normalized spacial score (nSPS) is 35.7. The molecule has 0 bridgehead atoms. The number of aliphatic hydroxyl groups is 7. The van der Waals surface area contributed by atoms with E-state index in [1.807, 2.05) is 0 Å². The van der Waals surface area contributed by atoms with Gasteiger partial charge in [-0.15, -0.1) is 0 Å². The SMILES string of the molecule is C/C=C1/[C@H](O[C@@H]2O[C@H](CO)[C@@H](O)[C@@H](O)[C@H]2O)OC=C(C(=O)OC)[C@H]1CC(=O)OC[C@@H]1O[C@@H](OC(=O)/C=C\c2ccccc2)[C@@H](O)[C@@H](O)[C@H]1O. The average Bonchev–Trinajstić information content (AvgIpc) is 3.10. The molecule has 0 saturated carbocycles. The zero-order chi connectivity index (χ0) is 35.8. The van der Waals surface area contributed by atoms with Crippen LogP contribution in [0.25, 0.3) is 6.08 Å². The molecule has 0 spiro atoms. The van der Waals surface area contributed by atoms with Crippen LogP contribution in [0.5, 0.6) is 0 Å². The van der Waals surface area contributed by atoms with Gasteiger partial charge in [0.05, 0.1) is 32.0 Å². The van der Waals surface area contributed by atoms with Gasteiger partial charge < -0.3 is 68.9 Å². The lowest BCUT2D eigenvalue weighted by atomic mass is 9.86. The Balaban J connectivity index is 1.41.